The van der Waals surface area contributed by atoms with E-state index in [1.54, 1.807) is 6.92 Å². The molecule has 0 aromatic rings. The maximum Gasteiger partial charge on any atom is 0.306 e. The molecule has 5 nitrogen and oxygen atoms in total. The Bertz CT molecular complexity index is 695. The van der Waals surface area contributed by atoms with Gasteiger partial charge in [-0.15, -0.1) is 0 Å². The monoisotopic (exact) mass is 436 g/mol. The van der Waals surface area contributed by atoms with Crippen molar-refractivity contribution in [3.8, 4) is 0 Å². The van der Waals surface area contributed by atoms with Crippen molar-refractivity contribution in [2.45, 2.75) is 97.9 Å². The van der Waals surface area contributed by atoms with E-state index in [-0.39, 0.29) is 58.4 Å². The summed E-state index contributed by atoms with van der Waals surface area (Å²) in [6.07, 6.45) is 4.87. The van der Waals surface area contributed by atoms with Gasteiger partial charge in [-0.05, 0) is 97.2 Å². The molecule has 0 bridgehead atoms. The minimum atomic E-state index is -0.745. The van der Waals surface area contributed by atoms with Gasteiger partial charge in [0.2, 0.25) is 0 Å². The molecule has 0 aromatic carbocycles. The number of rotatable bonds is 4. The predicted octanol–water partition coefficient (Wildman–Crippen LogP) is 3.94. The molecular formula is C26H44O5. The lowest BCUT2D eigenvalue weighted by Crippen LogP contribution is -2.64. The zero-order chi connectivity index (χ0) is 22.9. The number of fused-ring (bicyclic) bond motifs is 5. The summed E-state index contributed by atoms with van der Waals surface area (Å²) in [5.74, 6) is 0.614. The molecule has 4 rings (SSSR count). The summed E-state index contributed by atoms with van der Waals surface area (Å²) in [5, 5.41) is 42.9. The molecule has 0 spiro atoms. The maximum atomic E-state index is 11.6. The van der Waals surface area contributed by atoms with Crippen LogP contribution in [0, 0.1) is 58.2 Å². The van der Waals surface area contributed by atoms with Crippen LogP contribution in [0.5, 0.6) is 0 Å². The van der Waals surface area contributed by atoms with Gasteiger partial charge in [0.1, 0.15) is 0 Å². The van der Waals surface area contributed by atoms with E-state index >= 15 is 0 Å². The van der Waals surface area contributed by atoms with Gasteiger partial charge in [0.25, 0.3) is 0 Å². The second-order valence-corrected chi connectivity index (χ2v) is 12.4. The smallest absolute Gasteiger partial charge is 0.306 e. The Morgan fingerprint density at radius 2 is 1.68 bits per heavy atom. The second-order valence-electron chi connectivity index (χ2n) is 12.4. The van der Waals surface area contributed by atoms with E-state index in [1.807, 2.05) is 0 Å². The standard InChI is InChI=1S/C26H44O5/c1-13(10-14(2)24(30)31)17-6-7-18-22-20(12-21(28)26(17,18)5)25(4)9-8-16(27)11-19(25)15(3)23(22)29/h13-23,27-29H,6-12H2,1-5H3,(H,30,31). The molecule has 0 aromatic heterocycles. The fourth-order valence-electron chi connectivity index (χ4n) is 9.40. The normalized spacial score (nSPS) is 53.7. The number of hydrogen-bond acceptors (Lipinski definition) is 4. The van der Waals surface area contributed by atoms with E-state index in [2.05, 4.69) is 27.7 Å². The lowest BCUT2D eigenvalue weighted by Gasteiger charge is -2.65. The first-order valence-corrected chi connectivity index (χ1v) is 12.7. The van der Waals surface area contributed by atoms with Crippen molar-refractivity contribution < 1.29 is 25.2 Å². The Kier molecular flexibility index (Phi) is 6.06. The summed E-state index contributed by atoms with van der Waals surface area (Å²) in [6, 6.07) is 0. The minimum Gasteiger partial charge on any atom is -0.481 e. The van der Waals surface area contributed by atoms with Gasteiger partial charge < -0.3 is 20.4 Å². The molecular weight excluding hydrogens is 392 g/mol. The first-order valence-electron chi connectivity index (χ1n) is 12.7. The van der Waals surface area contributed by atoms with Crippen LogP contribution in [0.15, 0.2) is 0 Å². The van der Waals surface area contributed by atoms with E-state index < -0.39 is 18.2 Å². The molecule has 13 atom stereocenters. The van der Waals surface area contributed by atoms with Crippen molar-refractivity contribution in [2.24, 2.45) is 58.2 Å². The van der Waals surface area contributed by atoms with Gasteiger partial charge in [-0.25, -0.2) is 0 Å². The van der Waals surface area contributed by atoms with Crippen LogP contribution in [-0.4, -0.2) is 44.7 Å². The molecule has 4 saturated carbocycles. The fourth-order valence-corrected chi connectivity index (χ4v) is 9.40. The summed E-state index contributed by atoms with van der Waals surface area (Å²) in [7, 11) is 0. The van der Waals surface area contributed by atoms with Crippen molar-refractivity contribution >= 4 is 5.97 Å². The fraction of sp³-hybridized carbons (Fsp3) is 0.962. The van der Waals surface area contributed by atoms with Crippen molar-refractivity contribution in [2.75, 3.05) is 0 Å². The topological polar surface area (TPSA) is 98.0 Å². The summed E-state index contributed by atoms with van der Waals surface area (Å²) < 4.78 is 0. The van der Waals surface area contributed by atoms with Crippen LogP contribution in [0.4, 0.5) is 0 Å². The highest BCUT2D eigenvalue weighted by Crippen LogP contribution is 2.69. The molecule has 178 valence electrons. The highest BCUT2D eigenvalue weighted by atomic mass is 16.4. The Labute approximate surface area is 187 Å². The van der Waals surface area contributed by atoms with E-state index in [9.17, 15) is 25.2 Å². The van der Waals surface area contributed by atoms with Crippen LogP contribution in [0.25, 0.3) is 0 Å². The molecule has 13 unspecified atom stereocenters. The summed E-state index contributed by atoms with van der Waals surface area (Å²) in [4.78, 5) is 11.4. The third kappa shape index (κ3) is 3.40. The number of carbonyl (C=O) groups is 1. The average molecular weight is 437 g/mol. The van der Waals surface area contributed by atoms with Crippen LogP contribution < -0.4 is 0 Å². The summed E-state index contributed by atoms with van der Waals surface area (Å²) in [6.45, 7) is 10.7. The third-order valence-electron chi connectivity index (χ3n) is 11.1. The molecule has 0 amide bonds. The van der Waals surface area contributed by atoms with Crippen LogP contribution >= 0.6 is 0 Å². The molecule has 0 saturated heterocycles. The molecule has 4 aliphatic rings. The highest BCUT2D eigenvalue weighted by molar-refractivity contribution is 5.69. The quantitative estimate of drug-likeness (QED) is 0.535. The van der Waals surface area contributed by atoms with Gasteiger partial charge in [-0.1, -0.05) is 34.6 Å². The molecule has 5 heteroatoms. The van der Waals surface area contributed by atoms with E-state index in [0.29, 0.717) is 12.3 Å². The van der Waals surface area contributed by atoms with Crippen molar-refractivity contribution in [3.63, 3.8) is 0 Å². The van der Waals surface area contributed by atoms with E-state index in [1.165, 1.54) is 0 Å². The summed E-state index contributed by atoms with van der Waals surface area (Å²) in [5.41, 5.74) is -0.205. The number of hydrogen-bond donors (Lipinski definition) is 4. The van der Waals surface area contributed by atoms with Crippen molar-refractivity contribution in [1.82, 2.24) is 0 Å². The number of carboxylic acid groups (broad SMARTS) is 1. The Balaban J connectivity index is 1.64. The Morgan fingerprint density at radius 3 is 2.32 bits per heavy atom. The van der Waals surface area contributed by atoms with Crippen molar-refractivity contribution in [1.29, 1.82) is 0 Å². The number of aliphatic carboxylic acids is 1. The van der Waals surface area contributed by atoms with Crippen LogP contribution in [0.2, 0.25) is 0 Å². The second kappa shape index (κ2) is 7.99. The highest BCUT2D eigenvalue weighted by Gasteiger charge is 2.67. The minimum absolute atomic E-state index is 0.0619. The Morgan fingerprint density at radius 1 is 1.00 bits per heavy atom. The van der Waals surface area contributed by atoms with Gasteiger partial charge in [-0.2, -0.15) is 0 Å². The van der Waals surface area contributed by atoms with Crippen molar-refractivity contribution in [3.05, 3.63) is 0 Å². The largest absolute Gasteiger partial charge is 0.481 e. The van der Waals surface area contributed by atoms with Crippen LogP contribution in [-0.2, 0) is 4.79 Å². The molecule has 4 fully saturated rings. The van der Waals surface area contributed by atoms with Gasteiger partial charge >= 0.3 is 5.97 Å². The number of aliphatic hydroxyl groups is 3. The molecule has 0 heterocycles. The lowest BCUT2D eigenvalue weighted by molar-refractivity contribution is -0.225. The van der Waals surface area contributed by atoms with E-state index in [0.717, 1.165) is 38.5 Å². The first kappa shape index (κ1) is 23.5. The third-order valence-corrected chi connectivity index (χ3v) is 11.1. The Hall–Kier alpha value is -0.650. The number of aliphatic hydroxyl groups excluding tert-OH is 3. The molecule has 4 N–H and O–H groups in total. The van der Waals surface area contributed by atoms with Gasteiger partial charge in [0.15, 0.2) is 0 Å². The SMILES string of the molecule is CC(CC(C)C1CCC2C3C(O)C(C)C4CC(O)CCC4(C)C3CC(O)C12C)C(=O)O. The molecule has 0 aliphatic heterocycles. The number of carboxylic acids is 1. The summed E-state index contributed by atoms with van der Waals surface area (Å²) >= 11 is 0. The zero-order valence-electron chi connectivity index (χ0n) is 20.0. The van der Waals surface area contributed by atoms with Crippen LogP contribution in [0.1, 0.15) is 79.6 Å². The van der Waals surface area contributed by atoms with Gasteiger partial charge in [0, 0.05) is 0 Å². The maximum absolute atomic E-state index is 11.6. The van der Waals surface area contributed by atoms with Gasteiger partial charge in [0.05, 0.1) is 24.2 Å². The van der Waals surface area contributed by atoms with Gasteiger partial charge in [-0.3, -0.25) is 4.79 Å². The molecule has 31 heavy (non-hydrogen) atoms. The predicted molar refractivity (Wildman–Crippen MR) is 119 cm³/mol. The zero-order valence-corrected chi connectivity index (χ0v) is 20.0. The van der Waals surface area contributed by atoms with E-state index in [4.69, 9.17) is 0 Å². The lowest BCUT2D eigenvalue weighted by atomic mass is 9.41. The molecule has 0 radical (unpaired) electrons. The first-order chi connectivity index (χ1) is 14.4. The van der Waals surface area contributed by atoms with Crippen LogP contribution in [0.3, 0.4) is 0 Å². The average Bonchev–Trinajstić information content (AvgIpc) is 3.06. The molecule has 4 aliphatic carbocycles.